The average Bonchev–Trinajstić information content (AvgIpc) is 2.80. The van der Waals surface area contributed by atoms with Gasteiger partial charge >= 0.3 is 5.97 Å². The predicted octanol–water partition coefficient (Wildman–Crippen LogP) is 3.92. The lowest BCUT2D eigenvalue weighted by Gasteiger charge is -2.44. The molecule has 35 heavy (non-hydrogen) atoms. The molecule has 1 heterocycles. The molecule has 1 aromatic carbocycles. The molecule has 11 heteroatoms. The lowest BCUT2D eigenvalue weighted by molar-refractivity contribution is -0.278. The van der Waals surface area contributed by atoms with Gasteiger partial charge < -0.3 is 28.8 Å². The summed E-state index contributed by atoms with van der Waals surface area (Å²) in [6, 6.07) is 8.12. The first-order valence-electron chi connectivity index (χ1n) is 11.8. The van der Waals surface area contributed by atoms with Crippen LogP contribution in [0.15, 0.2) is 35.4 Å². The third kappa shape index (κ3) is 7.75. The number of ether oxygens (including phenoxy) is 3. The van der Waals surface area contributed by atoms with E-state index in [-0.39, 0.29) is 18.3 Å². The van der Waals surface area contributed by atoms with Crippen LogP contribution in [0.1, 0.15) is 40.2 Å². The summed E-state index contributed by atoms with van der Waals surface area (Å²) in [5, 5.41) is 24.8. The number of nitrogens with zero attached hydrogens (tertiary/aromatic N) is 3. The molecule has 1 aliphatic rings. The Kier molecular flexibility index (Phi) is 10.3. The Balaban J connectivity index is 2.06. The Bertz CT molecular complexity index is 874. The standard InChI is InChI=1S/C24H39N3O7Si/c1-15(22(30)31-13-17-11-9-8-10-12-17)16(2)33-23-19(26-27-25)21(29)20(28)18(34-23)14-32-35(6,7)24(3,4)5/h8-12,15-16,18-21,23,28-29H,13-14H2,1-7H3/t15-,16+,18?,19?,20?,21+,23+/m0/s1. The molecule has 0 saturated carbocycles. The van der Waals surface area contributed by atoms with E-state index in [0.717, 1.165) is 5.56 Å². The summed E-state index contributed by atoms with van der Waals surface area (Å²) < 4.78 is 23.4. The van der Waals surface area contributed by atoms with Crippen molar-refractivity contribution in [1.82, 2.24) is 0 Å². The number of aliphatic hydroxyl groups excluding tert-OH is 2. The first-order chi connectivity index (χ1) is 16.3. The molecule has 0 radical (unpaired) electrons. The van der Waals surface area contributed by atoms with Gasteiger partial charge in [-0.05, 0) is 43.1 Å². The number of carbonyl (C=O) groups excluding carboxylic acids is 1. The zero-order chi connectivity index (χ0) is 26.4. The van der Waals surface area contributed by atoms with Gasteiger partial charge in [-0.1, -0.05) is 56.2 Å². The van der Waals surface area contributed by atoms with Gasteiger partial charge in [-0.2, -0.15) is 0 Å². The van der Waals surface area contributed by atoms with E-state index in [1.807, 2.05) is 30.3 Å². The summed E-state index contributed by atoms with van der Waals surface area (Å²) >= 11 is 0. The van der Waals surface area contributed by atoms with Gasteiger partial charge in [0.1, 0.15) is 24.9 Å². The van der Waals surface area contributed by atoms with Crippen LogP contribution in [0.4, 0.5) is 0 Å². The molecule has 0 bridgehead atoms. The van der Waals surface area contributed by atoms with Gasteiger partial charge in [-0.3, -0.25) is 4.79 Å². The van der Waals surface area contributed by atoms with E-state index in [1.165, 1.54) is 0 Å². The van der Waals surface area contributed by atoms with Crippen LogP contribution in [0.5, 0.6) is 0 Å². The SMILES string of the molecule is C[C@H](C(=O)OCc1ccccc1)[C@@H](C)O[C@@H]1OC(CO[Si](C)(C)C(C)(C)C)C(O)[C@H](O)C1N=[N+]=[N-]. The minimum Gasteiger partial charge on any atom is -0.461 e. The minimum absolute atomic E-state index is 0.0423. The lowest BCUT2D eigenvalue weighted by atomic mass is 9.97. The molecule has 0 spiro atoms. The molecule has 1 aromatic rings. The number of aliphatic hydroxyl groups is 2. The fourth-order valence-corrected chi connectivity index (χ4v) is 4.25. The summed E-state index contributed by atoms with van der Waals surface area (Å²) in [7, 11) is -2.15. The maximum Gasteiger partial charge on any atom is 0.311 e. The van der Waals surface area contributed by atoms with Crippen LogP contribution in [0.25, 0.3) is 10.4 Å². The third-order valence-corrected chi connectivity index (χ3v) is 11.4. The maximum absolute atomic E-state index is 12.6. The van der Waals surface area contributed by atoms with E-state index in [9.17, 15) is 15.0 Å². The van der Waals surface area contributed by atoms with Crippen molar-refractivity contribution < 1.29 is 33.6 Å². The second kappa shape index (κ2) is 12.3. The number of hydrogen-bond donors (Lipinski definition) is 2. The Morgan fingerprint density at radius 1 is 1.20 bits per heavy atom. The van der Waals surface area contributed by atoms with Crippen molar-refractivity contribution in [2.24, 2.45) is 11.0 Å². The summed E-state index contributed by atoms with van der Waals surface area (Å²) in [6.07, 6.45) is -5.54. The van der Waals surface area contributed by atoms with Crippen molar-refractivity contribution in [2.45, 2.75) is 96.1 Å². The highest BCUT2D eigenvalue weighted by Crippen LogP contribution is 2.37. The Morgan fingerprint density at radius 2 is 1.83 bits per heavy atom. The Labute approximate surface area is 208 Å². The summed E-state index contributed by atoms with van der Waals surface area (Å²) in [4.78, 5) is 15.3. The normalized spacial score (nSPS) is 26.9. The van der Waals surface area contributed by atoms with Crippen LogP contribution >= 0.6 is 0 Å². The lowest BCUT2D eigenvalue weighted by Crippen LogP contribution is -2.60. The van der Waals surface area contributed by atoms with Gasteiger partial charge in [-0.25, -0.2) is 0 Å². The molecule has 0 amide bonds. The first-order valence-corrected chi connectivity index (χ1v) is 14.7. The van der Waals surface area contributed by atoms with Gasteiger partial charge in [0, 0.05) is 4.91 Å². The van der Waals surface area contributed by atoms with Crippen molar-refractivity contribution in [1.29, 1.82) is 0 Å². The van der Waals surface area contributed by atoms with Crippen LogP contribution in [-0.2, 0) is 30.0 Å². The molecule has 1 fully saturated rings. The quantitative estimate of drug-likeness (QED) is 0.160. The molecule has 0 aromatic heterocycles. The number of rotatable bonds is 10. The van der Waals surface area contributed by atoms with E-state index in [2.05, 4.69) is 43.9 Å². The molecule has 2 N–H and O–H groups in total. The van der Waals surface area contributed by atoms with Crippen LogP contribution in [-0.4, -0.2) is 67.9 Å². The third-order valence-electron chi connectivity index (χ3n) is 6.92. The molecule has 0 aliphatic carbocycles. The second-order valence-electron chi connectivity index (χ2n) is 10.5. The molecule has 196 valence electrons. The number of hydrogen-bond acceptors (Lipinski definition) is 8. The number of azide groups is 1. The average molecular weight is 510 g/mol. The number of carbonyl (C=O) groups is 1. The molecule has 3 unspecified atom stereocenters. The molecule has 1 saturated heterocycles. The van der Waals surface area contributed by atoms with Gasteiger partial charge in [0.25, 0.3) is 0 Å². The molecular weight excluding hydrogens is 470 g/mol. The van der Waals surface area contributed by atoms with Crippen LogP contribution in [0.3, 0.4) is 0 Å². The largest absolute Gasteiger partial charge is 0.461 e. The first kappa shape index (κ1) is 29.2. The van der Waals surface area contributed by atoms with E-state index < -0.39 is 57.0 Å². The van der Waals surface area contributed by atoms with Crippen molar-refractivity contribution in [3.05, 3.63) is 46.3 Å². The number of benzene rings is 1. The zero-order valence-corrected chi connectivity index (χ0v) is 22.6. The van der Waals surface area contributed by atoms with Crippen molar-refractivity contribution in [3.8, 4) is 0 Å². The summed E-state index contributed by atoms with van der Waals surface area (Å²) in [6.45, 7) is 13.9. The van der Waals surface area contributed by atoms with E-state index >= 15 is 0 Å². The van der Waals surface area contributed by atoms with Gasteiger partial charge in [-0.15, -0.1) is 0 Å². The minimum atomic E-state index is -2.15. The number of esters is 1. The van der Waals surface area contributed by atoms with Gasteiger partial charge in [0.05, 0.1) is 24.7 Å². The highest BCUT2D eigenvalue weighted by molar-refractivity contribution is 6.74. The highest BCUT2D eigenvalue weighted by Gasteiger charge is 2.47. The molecule has 1 aliphatic heterocycles. The summed E-state index contributed by atoms with van der Waals surface area (Å²) in [5.41, 5.74) is 9.84. The van der Waals surface area contributed by atoms with E-state index in [1.54, 1.807) is 13.8 Å². The fraction of sp³-hybridized carbons (Fsp3) is 0.708. The topological polar surface area (TPSA) is 143 Å². The van der Waals surface area contributed by atoms with Gasteiger partial charge in [0.2, 0.25) is 0 Å². The highest BCUT2D eigenvalue weighted by atomic mass is 28.4. The second-order valence-corrected chi connectivity index (χ2v) is 15.3. The molecular formula is C24H39N3O7Si. The van der Waals surface area contributed by atoms with Crippen molar-refractivity contribution in [2.75, 3.05) is 6.61 Å². The van der Waals surface area contributed by atoms with E-state index in [0.29, 0.717) is 0 Å². The van der Waals surface area contributed by atoms with E-state index in [4.69, 9.17) is 24.2 Å². The fourth-order valence-electron chi connectivity index (χ4n) is 3.24. The Morgan fingerprint density at radius 3 is 2.40 bits per heavy atom. The zero-order valence-electron chi connectivity index (χ0n) is 21.6. The van der Waals surface area contributed by atoms with Crippen molar-refractivity contribution >= 4 is 14.3 Å². The van der Waals surface area contributed by atoms with Crippen LogP contribution in [0, 0.1) is 5.92 Å². The predicted molar refractivity (Wildman–Crippen MR) is 133 cm³/mol. The van der Waals surface area contributed by atoms with Gasteiger partial charge in [0.15, 0.2) is 14.6 Å². The monoisotopic (exact) mass is 509 g/mol. The Hall–Kier alpha value is -1.98. The smallest absolute Gasteiger partial charge is 0.311 e. The maximum atomic E-state index is 12.6. The molecule has 10 nitrogen and oxygen atoms in total. The van der Waals surface area contributed by atoms with Crippen LogP contribution < -0.4 is 0 Å². The molecule has 2 rings (SSSR count). The summed E-state index contributed by atoms with van der Waals surface area (Å²) in [5.74, 6) is -1.13. The molecule has 7 atom stereocenters. The van der Waals surface area contributed by atoms with Crippen molar-refractivity contribution in [3.63, 3.8) is 0 Å². The van der Waals surface area contributed by atoms with Crippen LogP contribution in [0.2, 0.25) is 18.1 Å².